The van der Waals surface area contributed by atoms with Gasteiger partial charge in [0.25, 0.3) is 0 Å². The predicted molar refractivity (Wildman–Crippen MR) is 256 cm³/mol. The lowest BCUT2D eigenvalue weighted by atomic mass is 10.0. The first-order valence-corrected chi connectivity index (χ1v) is 25.3. The lowest BCUT2D eigenvalue weighted by molar-refractivity contribution is -0.167. The molecule has 6 nitrogen and oxygen atoms in total. The summed E-state index contributed by atoms with van der Waals surface area (Å²) in [7, 11) is 0. The Morgan fingerprint density at radius 2 is 0.683 bits per heavy atom. The molecule has 0 aromatic rings. The molecule has 346 valence electrons. The first kappa shape index (κ1) is 57.1. The van der Waals surface area contributed by atoms with Gasteiger partial charge in [-0.25, -0.2) is 0 Å². The van der Waals surface area contributed by atoms with Crippen LogP contribution in [0, 0.1) is 0 Å². The number of hydrogen-bond acceptors (Lipinski definition) is 6. The van der Waals surface area contributed by atoms with Crippen molar-refractivity contribution in [2.75, 3.05) is 13.2 Å². The van der Waals surface area contributed by atoms with Crippen molar-refractivity contribution in [2.24, 2.45) is 0 Å². The van der Waals surface area contributed by atoms with Gasteiger partial charge in [-0.2, -0.15) is 0 Å². The molecular weight excluding hydrogens is 745 g/mol. The van der Waals surface area contributed by atoms with E-state index in [1.807, 2.05) is 36.5 Å². The van der Waals surface area contributed by atoms with Gasteiger partial charge in [0.2, 0.25) is 0 Å². The summed E-state index contributed by atoms with van der Waals surface area (Å²) in [4.78, 5) is 37.9. The Morgan fingerprint density at radius 3 is 1.13 bits per heavy atom. The zero-order valence-corrected chi connectivity index (χ0v) is 39.5. The van der Waals surface area contributed by atoms with Gasteiger partial charge >= 0.3 is 17.9 Å². The van der Waals surface area contributed by atoms with E-state index < -0.39 is 6.10 Å². The van der Waals surface area contributed by atoms with Crippen molar-refractivity contribution >= 4 is 17.9 Å². The van der Waals surface area contributed by atoms with E-state index in [1.54, 1.807) is 0 Å². The normalized spacial score (nSPS) is 12.5. The fourth-order valence-electron chi connectivity index (χ4n) is 7.02. The van der Waals surface area contributed by atoms with E-state index >= 15 is 0 Å². The maximum Gasteiger partial charge on any atom is 0.306 e. The van der Waals surface area contributed by atoms with Gasteiger partial charge in [0.05, 0.1) is 0 Å². The minimum atomic E-state index is -0.794. The van der Waals surface area contributed by atoms with Crippen molar-refractivity contribution in [1.82, 2.24) is 0 Å². The van der Waals surface area contributed by atoms with Crippen LogP contribution in [0.25, 0.3) is 0 Å². The SMILES string of the molecule is CC\C=C/C=C\C=C/C=C\CCCCCC(=O)OC(COC(=O)CCCCCCC/C=C\CCCC)COC(=O)CCCCCCCCCCCCCCCCCCCC. The van der Waals surface area contributed by atoms with Crippen molar-refractivity contribution < 1.29 is 28.6 Å². The predicted octanol–water partition coefficient (Wildman–Crippen LogP) is 16.5. The number of rotatable bonds is 45. The Kier molecular flexibility index (Phi) is 46.4. The van der Waals surface area contributed by atoms with Crippen LogP contribution in [-0.2, 0) is 28.6 Å². The fraction of sp³-hybridized carbons (Fsp3) is 0.759. The summed E-state index contributed by atoms with van der Waals surface area (Å²) in [5.74, 6) is -0.937. The maximum absolute atomic E-state index is 12.7. The molecule has 0 bridgehead atoms. The molecule has 0 aromatic heterocycles. The van der Waals surface area contributed by atoms with Gasteiger partial charge in [0.1, 0.15) is 13.2 Å². The van der Waals surface area contributed by atoms with Gasteiger partial charge in [0.15, 0.2) is 6.10 Å². The van der Waals surface area contributed by atoms with Gasteiger partial charge in [-0.05, 0) is 57.8 Å². The molecule has 0 rings (SSSR count). The molecule has 0 aliphatic heterocycles. The van der Waals surface area contributed by atoms with Crippen LogP contribution in [-0.4, -0.2) is 37.2 Å². The van der Waals surface area contributed by atoms with Crippen LogP contribution >= 0.6 is 0 Å². The van der Waals surface area contributed by atoms with Gasteiger partial charge in [-0.1, -0.05) is 229 Å². The summed E-state index contributed by atoms with van der Waals surface area (Å²) in [6.45, 7) is 6.43. The summed E-state index contributed by atoms with van der Waals surface area (Å²) in [5.41, 5.74) is 0. The van der Waals surface area contributed by atoms with E-state index in [1.165, 1.54) is 128 Å². The highest BCUT2D eigenvalue weighted by Gasteiger charge is 2.19. The molecule has 1 atom stereocenters. The Balaban J connectivity index is 4.36. The minimum Gasteiger partial charge on any atom is -0.462 e. The van der Waals surface area contributed by atoms with E-state index in [-0.39, 0.29) is 37.5 Å². The number of carbonyl (C=O) groups excluding carboxylic acids is 3. The molecule has 1 unspecified atom stereocenters. The van der Waals surface area contributed by atoms with Crippen LogP contribution in [0.4, 0.5) is 0 Å². The van der Waals surface area contributed by atoms with Gasteiger partial charge in [-0.3, -0.25) is 14.4 Å². The maximum atomic E-state index is 12.7. The highest BCUT2D eigenvalue weighted by molar-refractivity contribution is 5.71. The second kappa shape index (κ2) is 48.8. The van der Waals surface area contributed by atoms with E-state index in [0.717, 1.165) is 77.0 Å². The smallest absolute Gasteiger partial charge is 0.306 e. The van der Waals surface area contributed by atoms with Gasteiger partial charge < -0.3 is 14.2 Å². The molecule has 0 radical (unpaired) electrons. The molecule has 0 aliphatic carbocycles. The molecule has 0 saturated carbocycles. The Morgan fingerprint density at radius 1 is 0.350 bits per heavy atom. The summed E-state index contributed by atoms with van der Waals surface area (Å²) < 4.78 is 16.7. The zero-order valence-electron chi connectivity index (χ0n) is 39.5. The van der Waals surface area contributed by atoms with Crippen molar-refractivity contribution in [3.05, 3.63) is 60.8 Å². The summed E-state index contributed by atoms with van der Waals surface area (Å²) in [5, 5.41) is 0. The van der Waals surface area contributed by atoms with Crippen LogP contribution < -0.4 is 0 Å². The Bertz CT molecular complexity index is 1100. The highest BCUT2D eigenvalue weighted by Crippen LogP contribution is 2.16. The van der Waals surface area contributed by atoms with Gasteiger partial charge in [-0.15, -0.1) is 0 Å². The number of esters is 3. The number of allylic oxidation sites excluding steroid dienone is 10. The van der Waals surface area contributed by atoms with Crippen LogP contribution in [0.5, 0.6) is 0 Å². The van der Waals surface area contributed by atoms with Crippen molar-refractivity contribution in [3.63, 3.8) is 0 Å². The second-order valence-electron chi connectivity index (χ2n) is 16.8. The van der Waals surface area contributed by atoms with E-state index in [0.29, 0.717) is 12.8 Å². The van der Waals surface area contributed by atoms with Crippen LogP contribution in [0.2, 0.25) is 0 Å². The Hall–Kier alpha value is -2.89. The first-order chi connectivity index (χ1) is 29.5. The number of carbonyl (C=O) groups is 3. The average molecular weight is 839 g/mol. The molecule has 0 spiro atoms. The standard InChI is InChI=1S/C54H94O6/c1-4-7-10-13-16-19-22-24-25-26-27-28-30-32-35-38-41-44-47-53(56)59-50-51(49-58-52(55)46-43-40-37-34-31-21-18-15-12-9-6-3)60-54(57)48-45-42-39-36-33-29-23-20-17-14-11-8-5-2/h8,11,14-15,17-18,20,23,29,33,51H,4-7,9-10,12-13,16,19,21-22,24-28,30-32,34-50H2,1-3H3/b11-8-,17-14-,18-15-,23-20-,33-29-. The topological polar surface area (TPSA) is 78.9 Å². The summed E-state index contributed by atoms with van der Waals surface area (Å²) in [6, 6.07) is 0. The molecule has 0 heterocycles. The van der Waals surface area contributed by atoms with Gasteiger partial charge in [0, 0.05) is 19.3 Å². The van der Waals surface area contributed by atoms with Crippen LogP contribution in [0.1, 0.15) is 245 Å². The van der Waals surface area contributed by atoms with E-state index in [4.69, 9.17) is 14.2 Å². The quantitative estimate of drug-likeness (QED) is 0.0200. The number of ether oxygens (including phenoxy) is 3. The molecular formula is C54H94O6. The summed E-state index contributed by atoms with van der Waals surface area (Å²) >= 11 is 0. The Labute approximate surface area is 370 Å². The van der Waals surface area contributed by atoms with Crippen LogP contribution in [0.15, 0.2) is 60.8 Å². The van der Waals surface area contributed by atoms with Crippen molar-refractivity contribution in [3.8, 4) is 0 Å². The van der Waals surface area contributed by atoms with E-state index in [9.17, 15) is 14.4 Å². The first-order valence-electron chi connectivity index (χ1n) is 25.3. The lowest BCUT2D eigenvalue weighted by Gasteiger charge is -2.18. The largest absolute Gasteiger partial charge is 0.462 e. The third-order valence-corrected chi connectivity index (χ3v) is 10.9. The zero-order chi connectivity index (χ0) is 43.7. The molecule has 0 saturated heterocycles. The third kappa shape index (κ3) is 46.2. The second-order valence-corrected chi connectivity index (χ2v) is 16.8. The number of unbranched alkanes of at least 4 members (excludes halogenated alkanes) is 27. The molecule has 0 aliphatic rings. The molecule has 0 fully saturated rings. The molecule has 60 heavy (non-hydrogen) atoms. The van der Waals surface area contributed by atoms with Crippen LogP contribution in [0.3, 0.4) is 0 Å². The summed E-state index contributed by atoms with van der Waals surface area (Å²) in [6.07, 6.45) is 59.3. The molecule has 6 heteroatoms. The van der Waals surface area contributed by atoms with Crippen molar-refractivity contribution in [2.45, 2.75) is 252 Å². The average Bonchev–Trinajstić information content (AvgIpc) is 3.24. The lowest BCUT2D eigenvalue weighted by Crippen LogP contribution is -2.30. The third-order valence-electron chi connectivity index (χ3n) is 10.9. The molecule has 0 amide bonds. The minimum absolute atomic E-state index is 0.0911. The fourth-order valence-corrected chi connectivity index (χ4v) is 7.02. The van der Waals surface area contributed by atoms with Crippen molar-refractivity contribution in [1.29, 1.82) is 0 Å². The highest BCUT2D eigenvalue weighted by atomic mass is 16.6. The number of hydrogen-bond donors (Lipinski definition) is 0. The van der Waals surface area contributed by atoms with E-state index in [2.05, 4.69) is 45.1 Å². The molecule has 0 aromatic carbocycles. The molecule has 0 N–H and O–H groups in total. The monoisotopic (exact) mass is 839 g/mol.